The van der Waals surface area contributed by atoms with Gasteiger partial charge in [0.15, 0.2) is 0 Å². The molecule has 118 valence electrons. The first-order valence-corrected chi connectivity index (χ1v) is 9.62. The molecule has 0 aliphatic carbocycles. The molecule has 0 saturated carbocycles. The maximum Gasteiger partial charge on any atom is 0.276 e. The Kier molecular flexibility index (Phi) is 4.72. The molecular weight excluding hydrogens is 306 g/mol. The molecule has 2 rings (SSSR count). The van der Waals surface area contributed by atoms with Crippen LogP contribution in [0.4, 0.5) is 0 Å². The second-order valence-electron chi connectivity index (χ2n) is 5.14. The van der Waals surface area contributed by atoms with Crippen LogP contribution in [0.3, 0.4) is 0 Å². The van der Waals surface area contributed by atoms with Crippen molar-refractivity contribution in [1.29, 1.82) is 0 Å². The lowest BCUT2D eigenvalue weighted by Gasteiger charge is -2.25. The predicted octanol–water partition coefficient (Wildman–Crippen LogP) is -1.30. The van der Waals surface area contributed by atoms with Crippen LogP contribution in [0.15, 0.2) is 0 Å². The fraction of sp³-hybridized carbons (Fsp3) is 1.00. The van der Waals surface area contributed by atoms with Crippen molar-refractivity contribution in [1.82, 2.24) is 8.61 Å². The highest BCUT2D eigenvalue weighted by Crippen LogP contribution is 2.24. The van der Waals surface area contributed by atoms with Crippen LogP contribution in [0.2, 0.25) is 0 Å². The average Bonchev–Trinajstić information content (AvgIpc) is 2.63. The SMILES string of the molecule is CC1OCCC1S(=O)(=O)N1CCCN(S(N)(=O)=O)CC1. The van der Waals surface area contributed by atoms with Crippen LogP contribution in [0, 0.1) is 0 Å². The maximum atomic E-state index is 12.6. The van der Waals surface area contributed by atoms with Gasteiger partial charge in [0.05, 0.1) is 6.10 Å². The van der Waals surface area contributed by atoms with Crippen molar-refractivity contribution >= 4 is 20.2 Å². The molecule has 2 heterocycles. The fourth-order valence-electron chi connectivity index (χ4n) is 2.67. The lowest BCUT2D eigenvalue weighted by atomic mass is 10.3. The van der Waals surface area contributed by atoms with Crippen molar-refractivity contribution in [3.8, 4) is 0 Å². The van der Waals surface area contributed by atoms with Gasteiger partial charge in [-0.05, 0) is 19.8 Å². The zero-order chi connectivity index (χ0) is 15.0. The third kappa shape index (κ3) is 3.31. The first kappa shape index (κ1) is 16.1. The third-order valence-electron chi connectivity index (χ3n) is 3.82. The van der Waals surface area contributed by atoms with E-state index in [-0.39, 0.29) is 25.7 Å². The smallest absolute Gasteiger partial charge is 0.276 e. The fourth-order valence-corrected chi connectivity index (χ4v) is 5.45. The third-order valence-corrected chi connectivity index (χ3v) is 7.38. The summed E-state index contributed by atoms with van der Waals surface area (Å²) in [6, 6.07) is 0. The van der Waals surface area contributed by atoms with Crippen LogP contribution >= 0.6 is 0 Å². The van der Waals surface area contributed by atoms with Gasteiger partial charge in [0.25, 0.3) is 10.2 Å². The van der Waals surface area contributed by atoms with Crippen molar-refractivity contribution < 1.29 is 21.6 Å². The number of sulfonamides is 1. The summed E-state index contributed by atoms with van der Waals surface area (Å²) in [5.41, 5.74) is 0. The largest absolute Gasteiger partial charge is 0.377 e. The topological polar surface area (TPSA) is 110 Å². The molecule has 8 nitrogen and oxygen atoms in total. The van der Waals surface area contributed by atoms with Crippen LogP contribution in [0.25, 0.3) is 0 Å². The number of hydrogen-bond donors (Lipinski definition) is 1. The van der Waals surface area contributed by atoms with Gasteiger partial charge >= 0.3 is 0 Å². The van der Waals surface area contributed by atoms with E-state index < -0.39 is 25.5 Å². The van der Waals surface area contributed by atoms with Crippen molar-refractivity contribution in [2.24, 2.45) is 5.14 Å². The number of nitrogens with zero attached hydrogens (tertiary/aromatic N) is 2. The second kappa shape index (κ2) is 5.85. The zero-order valence-corrected chi connectivity index (χ0v) is 13.1. The average molecular weight is 327 g/mol. The first-order valence-electron chi connectivity index (χ1n) is 6.61. The quantitative estimate of drug-likeness (QED) is 0.693. The highest BCUT2D eigenvalue weighted by Gasteiger charge is 2.40. The van der Waals surface area contributed by atoms with Gasteiger partial charge in [0.2, 0.25) is 10.0 Å². The van der Waals surface area contributed by atoms with Gasteiger partial charge in [-0.15, -0.1) is 0 Å². The molecule has 0 bridgehead atoms. The van der Waals surface area contributed by atoms with E-state index in [1.807, 2.05) is 0 Å². The molecule has 0 radical (unpaired) electrons. The maximum absolute atomic E-state index is 12.6. The second-order valence-corrected chi connectivity index (χ2v) is 8.84. The molecule has 2 unspecified atom stereocenters. The van der Waals surface area contributed by atoms with Crippen LogP contribution in [0.5, 0.6) is 0 Å². The molecule has 2 aliphatic rings. The molecule has 10 heteroatoms. The molecule has 2 atom stereocenters. The van der Waals surface area contributed by atoms with Crippen molar-refractivity contribution in [3.63, 3.8) is 0 Å². The molecule has 20 heavy (non-hydrogen) atoms. The van der Waals surface area contributed by atoms with E-state index in [0.717, 1.165) is 4.31 Å². The van der Waals surface area contributed by atoms with E-state index >= 15 is 0 Å². The normalized spacial score (nSPS) is 31.3. The minimum Gasteiger partial charge on any atom is -0.377 e. The van der Waals surface area contributed by atoms with Crippen molar-refractivity contribution in [2.45, 2.75) is 31.1 Å². The van der Waals surface area contributed by atoms with Crippen LogP contribution in [-0.4, -0.2) is 69.6 Å². The summed E-state index contributed by atoms with van der Waals surface area (Å²) in [4.78, 5) is 0. The summed E-state index contributed by atoms with van der Waals surface area (Å²) in [6.07, 6.45) is 0.605. The lowest BCUT2D eigenvalue weighted by molar-refractivity contribution is 0.125. The van der Waals surface area contributed by atoms with Gasteiger partial charge < -0.3 is 4.74 Å². The molecule has 2 N–H and O–H groups in total. The summed E-state index contributed by atoms with van der Waals surface area (Å²) in [5.74, 6) is 0. The van der Waals surface area contributed by atoms with Gasteiger partial charge in [0, 0.05) is 32.8 Å². The number of hydrogen-bond acceptors (Lipinski definition) is 5. The zero-order valence-electron chi connectivity index (χ0n) is 11.4. The minimum absolute atomic E-state index is 0.0972. The Bertz CT molecular complexity index is 547. The Morgan fingerprint density at radius 3 is 2.20 bits per heavy atom. The van der Waals surface area contributed by atoms with Gasteiger partial charge in [0.1, 0.15) is 5.25 Å². The Labute approximate surface area is 120 Å². The summed E-state index contributed by atoms with van der Waals surface area (Å²) >= 11 is 0. The van der Waals surface area contributed by atoms with E-state index in [1.165, 1.54) is 4.31 Å². The Hall–Kier alpha value is -0.260. The van der Waals surface area contributed by atoms with Crippen LogP contribution in [0.1, 0.15) is 19.8 Å². The minimum atomic E-state index is -3.76. The Balaban J connectivity index is 2.10. The number of ether oxygens (including phenoxy) is 1. The summed E-state index contributed by atoms with van der Waals surface area (Å²) in [5, 5.41) is 4.55. The monoisotopic (exact) mass is 327 g/mol. The number of rotatable bonds is 3. The standard InChI is InChI=1S/C10H21N3O5S2/c1-9-10(3-8-18-9)19(14,15)12-4-2-5-13(7-6-12)20(11,16)17/h9-10H,2-8H2,1H3,(H2,11,16,17). The summed E-state index contributed by atoms with van der Waals surface area (Å²) in [6.45, 7) is 3.01. The Morgan fingerprint density at radius 1 is 1.05 bits per heavy atom. The molecule has 2 saturated heterocycles. The highest BCUT2D eigenvalue weighted by atomic mass is 32.2. The summed E-state index contributed by atoms with van der Waals surface area (Å²) < 4.78 is 55.6. The van der Waals surface area contributed by atoms with Crippen LogP contribution in [-0.2, 0) is 25.0 Å². The molecular formula is C10H21N3O5S2. The van der Waals surface area contributed by atoms with E-state index in [1.54, 1.807) is 6.92 Å². The van der Waals surface area contributed by atoms with Gasteiger partial charge in [-0.2, -0.15) is 12.7 Å². The van der Waals surface area contributed by atoms with E-state index in [4.69, 9.17) is 9.88 Å². The van der Waals surface area contributed by atoms with E-state index in [2.05, 4.69) is 0 Å². The van der Waals surface area contributed by atoms with Gasteiger partial charge in [-0.1, -0.05) is 0 Å². The van der Waals surface area contributed by atoms with Crippen LogP contribution < -0.4 is 5.14 Å². The van der Waals surface area contributed by atoms with E-state index in [9.17, 15) is 16.8 Å². The Morgan fingerprint density at radius 2 is 1.65 bits per heavy atom. The van der Waals surface area contributed by atoms with E-state index in [0.29, 0.717) is 26.0 Å². The molecule has 2 fully saturated rings. The first-order chi connectivity index (χ1) is 9.23. The molecule has 0 aromatic heterocycles. The molecule has 2 aliphatic heterocycles. The number of nitrogens with two attached hydrogens (primary N) is 1. The highest BCUT2D eigenvalue weighted by molar-refractivity contribution is 7.89. The predicted molar refractivity (Wildman–Crippen MR) is 73.6 cm³/mol. The summed E-state index contributed by atoms with van der Waals surface area (Å²) in [7, 11) is -7.22. The molecule has 0 spiro atoms. The van der Waals surface area contributed by atoms with Crippen molar-refractivity contribution in [3.05, 3.63) is 0 Å². The molecule has 0 aromatic carbocycles. The molecule has 0 amide bonds. The molecule has 0 aromatic rings. The lowest BCUT2D eigenvalue weighted by Crippen LogP contribution is -2.44. The van der Waals surface area contributed by atoms with Gasteiger partial charge in [-0.25, -0.2) is 17.9 Å². The van der Waals surface area contributed by atoms with Gasteiger partial charge in [-0.3, -0.25) is 0 Å². The van der Waals surface area contributed by atoms with Crippen molar-refractivity contribution in [2.75, 3.05) is 32.8 Å².